The molecule has 2 N–H and O–H groups in total. The fraction of sp³-hybridized carbons (Fsp3) is 0.154. The van der Waals surface area contributed by atoms with Gasteiger partial charge in [-0.25, -0.2) is 0 Å². The molecular weight excluding hydrogens is 229 g/mol. The smallest absolute Gasteiger partial charge is 0.488 e. The van der Waals surface area contributed by atoms with E-state index >= 15 is 0 Å². The van der Waals surface area contributed by atoms with Crippen molar-refractivity contribution < 1.29 is 14.8 Å². The lowest BCUT2D eigenvalue weighted by Gasteiger charge is -2.07. The van der Waals surface area contributed by atoms with Crippen LogP contribution in [0.5, 0.6) is 5.75 Å². The van der Waals surface area contributed by atoms with E-state index < -0.39 is 7.12 Å². The average Bonchev–Trinajstić information content (AvgIpc) is 2.40. The first-order valence-electron chi connectivity index (χ1n) is 5.73. The lowest BCUT2D eigenvalue weighted by molar-refractivity contribution is 0.322. The summed E-state index contributed by atoms with van der Waals surface area (Å²) >= 11 is 0. The Balaban J connectivity index is 1.83. The third kappa shape index (κ3) is 3.58. The highest BCUT2D eigenvalue weighted by Gasteiger charge is 2.09. The van der Waals surface area contributed by atoms with Gasteiger partial charge in [0, 0.05) is 18.8 Å². The maximum Gasteiger partial charge on any atom is 0.488 e. The summed E-state index contributed by atoms with van der Waals surface area (Å²) < 4.78 is 5.55. The summed E-state index contributed by atoms with van der Waals surface area (Å²) in [7, 11) is -1.44. The number of aromatic nitrogens is 1. The van der Waals surface area contributed by atoms with Gasteiger partial charge in [0.05, 0.1) is 6.61 Å². The molecule has 0 spiro atoms. The van der Waals surface area contributed by atoms with Crippen molar-refractivity contribution in [3.63, 3.8) is 0 Å². The molecule has 1 aromatic heterocycles. The van der Waals surface area contributed by atoms with Gasteiger partial charge >= 0.3 is 7.12 Å². The van der Waals surface area contributed by atoms with E-state index in [0.29, 0.717) is 17.8 Å². The number of pyridine rings is 1. The van der Waals surface area contributed by atoms with Gasteiger partial charge in [-0.15, -0.1) is 0 Å². The molecule has 1 aromatic carbocycles. The van der Waals surface area contributed by atoms with Crippen molar-refractivity contribution in [2.75, 3.05) is 6.61 Å². The first-order valence-corrected chi connectivity index (χ1v) is 5.73. The molecule has 0 radical (unpaired) electrons. The van der Waals surface area contributed by atoms with Crippen molar-refractivity contribution in [3.05, 3.63) is 54.4 Å². The summed E-state index contributed by atoms with van der Waals surface area (Å²) in [5.41, 5.74) is 1.58. The topological polar surface area (TPSA) is 62.6 Å². The zero-order chi connectivity index (χ0) is 12.8. The van der Waals surface area contributed by atoms with Crippen LogP contribution in [-0.2, 0) is 6.42 Å². The molecule has 4 nitrogen and oxygen atoms in total. The van der Waals surface area contributed by atoms with Gasteiger partial charge in [0.2, 0.25) is 0 Å². The fourth-order valence-corrected chi connectivity index (χ4v) is 1.57. The van der Waals surface area contributed by atoms with Crippen LogP contribution in [0.25, 0.3) is 0 Å². The van der Waals surface area contributed by atoms with E-state index in [1.807, 2.05) is 18.3 Å². The minimum Gasteiger partial charge on any atom is -0.493 e. The second kappa shape index (κ2) is 6.19. The molecule has 0 aliphatic carbocycles. The highest BCUT2D eigenvalue weighted by atomic mass is 16.5. The van der Waals surface area contributed by atoms with Gasteiger partial charge in [0.25, 0.3) is 0 Å². The Labute approximate surface area is 106 Å². The van der Waals surface area contributed by atoms with Gasteiger partial charge in [0.1, 0.15) is 5.75 Å². The van der Waals surface area contributed by atoms with E-state index in [2.05, 4.69) is 4.98 Å². The van der Waals surface area contributed by atoms with Gasteiger partial charge in [-0.05, 0) is 29.2 Å². The predicted molar refractivity (Wildman–Crippen MR) is 69.7 cm³/mol. The van der Waals surface area contributed by atoms with E-state index in [1.54, 1.807) is 30.5 Å². The van der Waals surface area contributed by atoms with E-state index in [1.165, 1.54) is 0 Å². The van der Waals surface area contributed by atoms with Crippen LogP contribution in [0.1, 0.15) is 5.56 Å². The van der Waals surface area contributed by atoms with Gasteiger partial charge in [0.15, 0.2) is 0 Å². The quantitative estimate of drug-likeness (QED) is 0.745. The number of hydrogen-bond acceptors (Lipinski definition) is 4. The summed E-state index contributed by atoms with van der Waals surface area (Å²) in [6.45, 7) is 0.562. The maximum absolute atomic E-state index is 8.95. The number of benzene rings is 1. The van der Waals surface area contributed by atoms with Crippen LogP contribution in [0.15, 0.2) is 48.8 Å². The maximum atomic E-state index is 8.95. The zero-order valence-electron chi connectivity index (χ0n) is 9.86. The summed E-state index contributed by atoms with van der Waals surface area (Å²) in [5.74, 6) is 0.711. The van der Waals surface area contributed by atoms with Gasteiger partial charge < -0.3 is 14.8 Å². The highest BCUT2D eigenvalue weighted by molar-refractivity contribution is 6.58. The molecule has 0 unspecified atom stereocenters. The van der Waals surface area contributed by atoms with Crippen molar-refractivity contribution in [3.8, 4) is 5.75 Å². The molecule has 0 amide bonds. The summed E-state index contributed by atoms with van der Waals surface area (Å²) in [4.78, 5) is 4.03. The Hall–Kier alpha value is -1.85. The average molecular weight is 243 g/mol. The largest absolute Gasteiger partial charge is 0.493 e. The SMILES string of the molecule is OB(O)c1ccc(OCCc2cccnc2)cc1. The monoisotopic (exact) mass is 243 g/mol. The minimum absolute atomic E-state index is 0.453. The van der Waals surface area contributed by atoms with Crippen LogP contribution in [0.2, 0.25) is 0 Å². The number of rotatable bonds is 5. The molecule has 0 saturated carbocycles. The van der Waals surface area contributed by atoms with Crippen molar-refractivity contribution in [1.29, 1.82) is 0 Å². The van der Waals surface area contributed by atoms with Crippen LogP contribution in [0.3, 0.4) is 0 Å². The molecule has 0 atom stereocenters. The standard InChI is InChI=1S/C13H14BNO3/c16-14(17)12-3-5-13(6-4-12)18-9-7-11-2-1-8-15-10-11/h1-6,8,10,16-17H,7,9H2. The van der Waals surface area contributed by atoms with E-state index in [9.17, 15) is 0 Å². The van der Waals surface area contributed by atoms with Crippen molar-refractivity contribution in [1.82, 2.24) is 4.98 Å². The highest BCUT2D eigenvalue weighted by Crippen LogP contribution is 2.08. The number of ether oxygens (including phenoxy) is 1. The molecule has 1 heterocycles. The fourth-order valence-electron chi connectivity index (χ4n) is 1.57. The van der Waals surface area contributed by atoms with E-state index in [-0.39, 0.29) is 0 Å². The number of nitrogens with zero attached hydrogens (tertiary/aromatic N) is 1. The summed E-state index contributed by atoms with van der Waals surface area (Å²) in [6.07, 6.45) is 4.34. The zero-order valence-corrected chi connectivity index (χ0v) is 9.86. The second-order valence-electron chi connectivity index (χ2n) is 3.90. The van der Waals surface area contributed by atoms with Crippen LogP contribution < -0.4 is 10.2 Å². The summed E-state index contributed by atoms with van der Waals surface area (Å²) in [5, 5.41) is 17.9. The predicted octanol–water partition coefficient (Wildman–Crippen LogP) is 0.383. The molecule has 0 bridgehead atoms. The molecule has 0 aliphatic rings. The molecule has 2 aromatic rings. The van der Waals surface area contributed by atoms with Crippen molar-refractivity contribution in [2.45, 2.75) is 6.42 Å². The Kier molecular flexibility index (Phi) is 4.33. The molecule has 5 heteroatoms. The van der Waals surface area contributed by atoms with Crippen molar-refractivity contribution in [2.24, 2.45) is 0 Å². The third-order valence-electron chi connectivity index (χ3n) is 2.56. The molecule has 92 valence electrons. The Morgan fingerprint density at radius 2 is 1.89 bits per heavy atom. The van der Waals surface area contributed by atoms with E-state index in [0.717, 1.165) is 12.0 Å². The first kappa shape index (κ1) is 12.6. The van der Waals surface area contributed by atoms with Gasteiger partial charge in [-0.3, -0.25) is 4.98 Å². The molecule has 2 rings (SSSR count). The van der Waals surface area contributed by atoms with Crippen LogP contribution >= 0.6 is 0 Å². The first-order chi connectivity index (χ1) is 8.75. The van der Waals surface area contributed by atoms with Crippen molar-refractivity contribution >= 4 is 12.6 Å². The normalized spacial score (nSPS) is 10.1. The molecule has 0 aliphatic heterocycles. The third-order valence-corrected chi connectivity index (χ3v) is 2.56. The molecule has 18 heavy (non-hydrogen) atoms. The van der Waals surface area contributed by atoms with E-state index in [4.69, 9.17) is 14.8 Å². The van der Waals surface area contributed by atoms with Gasteiger partial charge in [-0.2, -0.15) is 0 Å². The second-order valence-corrected chi connectivity index (χ2v) is 3.90. The lowest BCUT2D eigenvalue weighted by atomic mass is 9.80. The minimum atomic E-state index is -1.44. The Morgan fingerprint density at radius 3 is 2.50 bits per heavy atom. The lowest BCUT2D eigenvalue weighted by Crippen LogP contribution is -2.29. The van der Waals surface area contributed by atoms with Crippen LogP contribution in [0, 0.1) is 0 Å². The Bertz CT molecular complexity index is 473. The van der Waals surface area contributed by atoms with Crippen LogP contribution in [-0.4, -0.2) is 28.8 Å². The number of hydrogen-bond donors (Lipinski definition) is 2. The van der Waals surface area contributed by atoms with Crippen LogP contribution in [0.4, 0.5) is 0 Å². The Morgan fingerprint density at radius 1 is 1.11 bits per heavy atom. The summed E-state index contributed by atoms with van der Waals surface area (Å²) in [6, 6.07) is 10.6. The molecule has 0 fully saturated rings. The molecule has 0 saturated heterocycles. The molecular formula is C13H14BNO3. The van der Waals surface area contributed by atoms with Gasteiger partial charge in [-0.1, -0.05) is 18.2 Å².